The van der Waals surface area contributed by atoms with Crippen molar-refractivity contribution in [1.29, 1.82) is 5.26 Å². The summed E-state index contributed by atoms with van der Waals surface area (Å²) in [5.74, 6) is 0. The molecule has 23 heavy (non-hydrogen) atoms. The topological polar surface area (TPSA) is 41.1 Å². The van der Waals surface area contributed by atoms with Gasteiger partial charge in [-0.25, -0.2) is 4.98 Å². The van der Waals surface area contributed by atoms with E-state index in [0.29, 0.717) is 16.3 Å². The second-order valence-electron chi connectivity index (χ2n) is 5.03. The van der Waals surface area contributed by atoms with Gasteiger partial charge in [-0.15, -0.1) is 0 Å². The first kappa shape index (κ1) is 15.4. The monoisotopic (exact) mass is 335 g/mol. The molecule has 3 aromatic rings. The molecule has 0 unspecified atom stereocenters. The number of imidazole rings is 1. The predicted molar refractivity (Wildman–Crippen MR) is 80.1 cm³/mol. The molecule has 2 aromatic heterocycles. The Balaban J connectivity index is 2.26. The average molecular weight is 336 g/mol. The second-order valence-corrected chi connectivity index (χ2v) is 5.44. The molecule has 2 heterocycles. The van der Waals surface area contributed by atoms with Gasteiger partial charge in [0.2, 0.25) is 0 Å². The Morgan fingerprint density at radius 1 is 1.22 bits per heavy atom. The maximum absolute atomic E-state index is 12.8. The fourth-order valence-corrected chi connectivity index (χ4v) is 2.43. The fourth-order valence-electron chi connectivity index (χ4n) is 2.31. The Morgan fingerprint density at radius 3 is 2.57 bits per heavy atom. The number of rotatable bonds is 1. The maximum Gasteiger partial charge on any atom is 0.417 e. The molecule has 1 aromatic carbocycles. The summed E-state index contributed by atoms with van der Waals surface area (Å²) < 4.78 is 39.7. The molecule has 3 nitrogen and oxygen atoms in total. The molecule has 0 aliphatic rings. The lowest BCUT2D eigenvalue weighted by molar-refractivity contribution is -0.137. The van der Waals surface area contributed by atoms with Crippen molar-refractivity contribution in [3.63, 3.8) is 0 Å². The number of nitrogens with zero attached hydrogens (tertiary/aromatic N) is 3. The zero-order valence-electron chi connectivity index (χ0n) is 11.8. The first-order chi connectivity index (χ1) is 10.8. The summed E-state index contributed by atoms with van der Waals surface area (Å²) in [4.78, 5) is 4.28. The predicted octanol–water partition coefficient (Wildman–Crippen LogP) is 4.85. The largest absolute Gasteiger partial charge is 0.417 e. The van der Waals surface area contributed by atoms with Gasteiger partial charge in [-0.05, 0) is 36.8 Å². The third kappa shape index (κ3) is 2.64. The van der Waals surface area contributed by atoms with E-state index in [1.165, 1.54) is 6.07 Å². The van der Waals surface area contributed by atoms with Gasteiger partial charge in [0, 0.05) is 16.8 Å². The zero-order chi connectivity index (χ0) is 16.8. The van der Waals surface area contributed by atoms with Gasteiger partial charge in [0.05, 0.1) is 5.56 Å². The molecule has 0 N–H and O–H groups in total. The van der Waals surface area contributed by atoms with Crippen LogP contribution in [0.3, 0.4) is 0 Å². The van der Waals surface area contributed by atoms with Gasteiger partial charge in [0.15, 0.2) is 5.69 Å². The smallest absolute Gasteiger partial charge is 0.290 e. The highest BCUT2D eigenvalue weighted by molar-refractivity contribution is 6.31. The van der Waals surface area contributed by atoms with Crippen LogP contribution in [-0.2, 0) is 6.18 Å². The number of halogens is 4. The molecule has 0 fully saturated rings. The van der Waals surface area contributed by atoms with Crippen molar-refractivity contribution in [2.24, 2.45) is 0 Å². The lowest BCUT2D eigenvalue weighted by atomic mass is 10.1. The first-order valence-electron chi connectivity index (χ1n) is 6.57. The van der Waals surface area contributed by atoms with Gasteiger partial charge < -0.3 is 0 Å². The fraction of sp³-hybridized carbons (Fsp3) is 0.125. The Morgan fingerprint density at radius 2 is 1.96 bits per heavy atom. The van der Waals surface area contributed by atoms with E-state index in [2.05, 4.69) is 4.98 Å². The van der Waals surface area contributed by atoms with E-state index in [1.807, 2.05) is 6.07 Å². The van der Waals surface area contributed by atoms with E-state index in [-0.39, 0.29) is 11.3 Å². The molecule has 0 amide bonds. The first-order valence-corrected chi connectivity index (χ1v) is 6.95. The quantitative estimate of drug-likeness (QED) is 0.637. The summed E-state index contributed by atoms with van der Waals surface area (Å²) in [5.41, 5.74) is 1.23. The van der Waals surface area contributed by atoms with Crippen molar-refractivity contribution in [2.75, 3.05) is 0 Å². The van der Waals surface area contributed by atoms with Crippen molar-refractivity contribution in [1.82, 2.24) is 9.38 Å². The van der Waals surface area contributed by atoms with Crippen LogP contribution < -0.4 is 0 Å². The van der Waals surface area contributed by atoms with Crippen LogP contribution in [0.4, 0.5) is 13.2 Å². The van der Waals surface area contributed by atoms with E-state index in [4.69, 9.17) is 11.6 Å². The summed E-state index contributed by atoms with van der Waals surface area (Å²) in [5, 5.41) is 9.93. The van der Waals surface area contributed by atoms with Crippen LogP contribution in [0.1, 0.15) is 16.8 Å². The average Bonchev–Trinajstić information content (AvgIpc) is 2.86. The van der Waals surface area contributed by atoms with Gasteiger partial charge >= 0.3 is 6.18 Å². The second kappa shape index (κ2) is 5.28. The van der Waals surface area contributed by atoms with E-state index < -0.39 is 11.7 Å². The molecule has 7 heteroatoms. The molecule has 0 spiro atoms. The minimum Gasteiger partial charge on any atom is -0.290 e. The normalized spacial score (nSPS) is 11.7. The molecule has 0 bridgehead atoms. The summed E-state index contributed by atoms with van der Waals surface area (Å²) >= 11 is 5.98. The van der Waals surface area contributed by atoms with Crippen LogP contribution >= 0.6 is 11.6 Å². The van der Waals surface area contributed by atoms with Gasteiger partial charge in [0.25, 0.3) is 0 Å². The van der Waals surface area contributed by atoms with Crippen LogP contribution in [0.2, 0.25) is 5.02 Å². The molecule has 0 saturated carbocycles. The highest BCUT2D eigenvalue weighted by atomic mass is 35.5. The van der Waals surface area contributed by atoms with E-state index in [9.17, 15) is 18.4 Å². The Labute approximate surface area is 134 Å². The standard InChI is InChI=1S/C16H9ClF3N3/c1-9-6-10(2-4-12(9)17)15-13(7-21)23-8-11(16(18,19)20)3-5-14(23)22-15/h2-6,8H,1H3. The van der Waals surface area contributed by atoms with Gasteiger partial charge in [-0.3, -0.25) is 4.40 Å². The van der Waals surface area contributed by atoms with Crippen molar-refractivity contribution < 1.29 is 13.2 Å². The number of aryl methyl sites for hydroxylation is 1. The summed E-state index contributed by atoms with van der Waals surface area (Å²) in [6.45, 7) is 1.80. The molecule has 0 aliphatic carbocycles. The third-order valence-electron chi connectivity index (χ3n) is 3.48. The minimum atomic E-state index is -4.48. The molecule has 0 atom stereocenters. The molecule has 3 rings (SSSR count). The lowest BCUT2D eigenvalue weighted by Gasteiger charge is -2.06. The number of pyridine rings is 1. The number of hydrogen-bond donors (Lipinski definition) is 0. The zero-order valence-corrected chi connectivity index (χ0v) is 12.6. The van der Waals surface area contributed by atoms with Gasteiger partial charge in [-0.1, -0.05) is 17.7 Å². The highest BCUT2D eigenvalue weighted by Crippen LogP contribution is 2.32. The highest BCUT2D eigenvalue weighted by Gasteiger charge is 2.31. The SMILES string of the molecule is Cc1cc(-c2nc3ccc(C(F)(F)F)cn3c2C#N)ccc1Cl. The van der Waals surface area contributed by atoms with E-state index >= 15 is 0 Å². The van der Waals surface area contributed by atoms with Crippen LogP contribution in [0.15, 0.2) is 36.5 Å². The number of alkyl halides is 3. The van der Waals surface area contributed by atoms with E-state index in [1.54, 1.807) is 25.1 Å². The van der Waals surface area contributed by atoms with Gasteiger partial charge in [-0.2, -0.15) is 18.4 Å². The van der Waals surface area contributed by atoms with Crippen LogP contribution in [0.25, 0.3) is 16.9 Å². The molecular weight excluding hydrogens is 327 g/mol. The van der Waals surface area contributed by atoms with Gasteiger partial charge in [0.1, 0.15) is 17.4 Å². The Hall–Kier alpha value is -2.52. The minimum absolute atomic E-state index is 0.0489. The molecule has 0 aliphatic heterocycles. The molecule has 116 valence electrons. The third-order valence-corrected chi connectivity index (χ3v) is 3.91. The number of aromatic nitrogens is 2. The van der Waals surface area contributed by atoms with Crippen LogP contribution in [0.5, 0.6) is 0 Å². The summed E-state index contributed by atoms with van der Waals surface area (Å²) in [6, 6.07) is 9.21. The lowest BCUT2D eigenvalue weighted by Crippen LogP contribution is -2.06. The maximum atomic E-state index is 12.8. The van der Waals surface area contributed by atoms with Crippen LogP contribution in [-0.4, -0.2) is 9.38 Å². The number of fused-ring (bicyclic) bond motifs is 1. The van der Waals surface area contributed by atoms with Crippen molar-refractivity contribution in [3.05, 3.63) is 58.4 Å². The van der Waals surface area contributed by atoms with Crippen molar-refractivity contribution in [2.45, 2.75) is 13.1 Å². The molecule has 0 saturated heterocycles. The van der Waals surface area contributed by atoms with Crippen molar-refractivity contribution in [3.8, 4) is 17.3 Å². The Bertz CT molecular complexity index is 952. The van der Waals surface area contributed by atoms with Crippen LogP contribution in [0, 0.1) is 18.3 Å². The number of hydrogen-bond acceptors (Lipinski definition) is 2. The summed E-state index contributed by atoms with van der Waals surface area (Å²) in [7, 11) is 0. The summed E-state index contributed by atoms with van der Waals surface area (Å²) in [6.07, 6.45) is -3.60. The number of nitriles is 1. The molecular formula is C16H9ClF3N3. The number of benzene rings is 1. The van der Waals surface area contributed by atoms with Crippen molar-refractivity contribution >= 4 is 17.2 Å². The Kier molecular flexibility index (Phi) is 3.53. The molecule has 0 radical (unpaired) electrons. The van der Waals surface area contributed by atoms with E-state index in [0.717, 1.165) is 22.2 Å².